The summed E-state index contributed by atoms with van der Waals surface area (Å²) in [6, 6.07) is 8.76. The maximum absolute atomic E-state index is 12.6. The number of hydrogen-bond donors (Lipinski definition) is 2. The van der Waals surface area contributed by atoms with Gasteiger partial charge < -0.3 is 15.2 Å². The standard InChI is InChI=1S/C20H26N4O/c1-2-10-22-18(25)17-14-23-19-20(8-11-21-12-9-20)16-6-4-3-5-15(16)7-13-24(17)19/h3-6,14,21H,2,7-13H2,1H3,(H,22,25). The zero-order chi connectivity index (χ0) is 17.3. The highest BCUT2D eigenvalue weighted by Crippen LogP contribution is 2.43. The predicted molar refractivity (Wildman–Crippen MR) is 97.9 cm³/mol. The van der Waals surface area contributed by atoms with E-state index >= 15 is 0 Å². The molecule has 0 aliphatic carbocycles. The largest absolute Gasteiger partial charge is 0.351 e. The van der Waals surface area contributed by atoms with Gasteiger partial charge in [-0.2, -0.15) is 0 Å². The van der Waals surface area contributed by atoms with E-state index in [1.807, 2.05) is 0 Å². The number of piperidine rings is 1. The van der Waals surface area contributed by atoms with Crippen LogP contribution in [0.4, 0.5) is 0 Å². The number of carbonyl (C=O) groups is 1. The van der Waals surface area contributed by atoms with Gasteiger partial charge in [0.2, 0.25) is 0 Å². The number of aromatic nitrogens is 2. The second kappa shape index (κ2) is 6.64. The maximum Gasteiger partial charge on any atom is 0.269 e. The van der Waals surface area contributed by atoms with Crippen LogP contribution in [-0.2, 0) is 18.4 Å². The quantitative estimate of drug-likeness (QED) is 0.902. The van der Waals surface area contributed by atoms with E-state index in [1.54, 1.807) is 6.20 Å². The number of carbonyl (C=O) groups excluding carboxylic acids is 1. The van der Waals surface area contributed by atoms with Crippen LogP contribution in [0.5, 0.6) is 0 Å². The number of rotatable bonds is 3. The fraction of sp³-hybridized carbons (Fsp3) is 0.500. The van der Waals surface area contributed by atoms with Gasteiger partial charge in [0.1, 0.15) is 11.5 Å². The van der Waals surface area contributed by atoms with E-state index in [1.165, 1.54) is 11.1 Å². The monoisotopic (exact) mass is 338 g/mol. The summed E-state index contributed by atoms with van der Waals surface area (Å²) in [6.45, 7) is 5.56. The summed E-state index contributed by atoms with van der Waals surface area (Å²) >= 11 is 0. The lowest BCUT2D eigenvalue weighted by molar-refractivity contribution is 0.0943. The molecule has 25 heavy (non-hydrogen) atoms. The molecule has 0 atom stereocenters. The molecule has 5 heteroatoms. The van der Waals surface area contributed by atoms with Gasteiger partial charge in [-0.1, -0.05) is 31.2 Å². The lowest BCUT2D eigenvalue weighted by Crippen LogP contribution is -2.42. The number of nitrogens with zero attached hydrogens (tertiary/aromatic N) is 2. The third kappa shape index (κ3) is 2.67. The highest BCUT2D eigenvalue weighted by Gasteiger charge is 2.43. The van der Waals surface area contributed by atoms with Gasteiger partial charge in [0, 0.05) is 13.1 Å². The van der Waals surface area contributed by atoms with Crippen LogP contribution >= 0.6 is 0 Å². The molecule has 0 unspecified atom stereocenters. The highest BCUT2D eigenvalue weighted by molar-refractivity contribution is 5.92. The fourth-order valence-corrected chi connectivity index (χ4v) is 4.40. The van der Waals surface area contributed by atoms with Crippen LogP contribution < -0.4 is 10.6 Å². The number of fused-ring (bicyclic) bond motifs is 4. The molecule has 1 amide bonds. The summed E-state index contributed by atoms with van der Waals surface area (Å²) in [5, 5.41) is 6.49. The molecule has 2 aliphatic rings. The normalized spacial score (nSPS) is 18.3. The van der Waals surface area contributed by atoms with Gasteiger partial charge in [-0.25, -0.2) is 4.98 Å². The number of imidazole rings is 1. The molecule has 1 saturated heterocycles. The summed E-state index contributed by atoms with van der Waals surface area (Å²) in [5.74, 6) is 1.07. The minimum absolute atomic E-state index is 0.00404. The van der Waals surface area contributed by atoms with Gasteiger partial charge in [-0.3, -0.25) is 4.79 Å². The summed E-state index contributed by atoms with van der Waals surface area (Å²) in [7, 11) is 0. The fourth-order valence-electron chi connectivity index (χ4n) is 4.40. The Balaban J connectivity index is 1.82. The van der Waals surface area contributed by atoms with Crippen molar-refractivity contribution in [2.24, 2.45) is 0 Å². The Morgan fingerprint density at radius 2 is 2.12 bits per heavy atom. The minimum Gasteiger partial charge on any atom is -0.351 e. The van der Waals surface area contributed by atoms with Crippen LogP contribution in [-0.4, -0.2) is 35.1 Å². The van der Waals surface area contributed by atoms with Crippen LogP contribution in [0.2, 0.25) is 0 Å². The zero-order valence-electron chi connectivity index (χ0n) is 14.8. The minimum atomic E-state index is -0.0817. The molecule has 132 valence electrons. The van der Waals surface area contributed by atoms with Crippen LogP contribution in [0.3, 0.4) is 0 Å². The van der Waals surface area contributed by atoms with Gasteiger partial charge in [0.25, 0.3) is 5.91 Å². The predicted octanol–water partition coefficient (Wildman–Crippen LogP) is 2.25. The van der Waals surface area contributed by atoms with E-state index in [2.05, 4.69) is 46.4 Å². The first-order valence-electron chi connectivity index (χ1n) is 9.39. The topological polar surface area (TPSA) is 59.0 Å². The van der Waals surface area contributed by atoms with Crippen molar-refractivity contribution in [2.75, 3.05) is 19.6 Å². The molecule has 1 aromatic heterocycles. The van der Waals surface area contributed by atoms with Crippen molar-refractivity contribution in [3.05, 3.63) is 53.1 Å². The van der Waals surface area contributed by atoms with Crippen LogP contribution in [0.15, 0.2) is 30.5 Å². The van der Waals surface area contributed by atoms with Crippen molar-refractivity contribution >= 4 is 5.91 Å². The van der Waals surface area contributed by atoms with Gasteiger partial charge >= 0.3 is 0 Å². The molecule has 1 aromatic carbocycles. The molecule has 0 bridgehead atoms. The number of hydrogen-bond acceptors (Lipinski definition) is 3. The molecule has 1 spiro atoms. The first-order chi connectivity index (χ1) is 12.3. The summed E-state index contributed by atoms with van der Waals surface area (Å²) in [5.41, 5.74) is 3.42. The molecule has 1 fully saturated rings. The van der Waals surface area contributed by atoms with Gasteiger partial charge in [-0.05, 0) is 49.9 Å². The average Bonchev–Trinajstić information content (AvgIpc) is 3.05. The zero-order valence-corrected chi connectivity index (χ0v) is 14.8. The number of amides is 1. The Labute approximate surface area is 148 Å². The molecule has 2 N–H and O–H groups in total. The first kappa shape index (κ1) is 16.3. The molecule has 5 nitrogen and oxygen atoms in total. The average molecular weight is 338 g/mol. The number of nitrogens with one attached hydrogen (secondary N) is 2. The molecule has 2 aliphatic heterocycles. The lowest BCUT2D eigenvalue weighted by Gasteiger charge is -2.37. The molecular weight excluding hydrogens is 312 g/mol. The third-order valence-corrected chi connectivity index (χ3v) is 5.65. The van der Waals surface area contributed by atoms with Crippen LogP contribution in [0, 0.1) is 0 Å². The summed E-state index contributed by atoms with van der Waals surface area (Å²) < 4.78 is 2.18. The van der Waals surface area contributed by atoms with Gasteiger partial charge in [0.05, 0.1) is 11.6 Å². The Hall–Kier alpha value is -2.14. The highest BCUT2D eigenvalue weighted by atomic mass is 16.1. The van der Waals surface area contributed by atoms with Crippen molar-refractivity contribution in [3.63, 3.8) is 0 Å². The van der Waals surface area contributed by atoms with Crippen molar-refractivity contribution in [3.8, 4) is 0 Å². The number of aryl methyl sites for hydroxylation is 1. The van der Waals surface area contributed by atoms with Crippen molar-refractivity contribution < 1.29 is 4.79 Å². The molecule has 4 rings (SSSR count). The van der Waals surface area contributed by atoms with E-state index in [4.69, 9.17) is 4.98 Å². The molecular formula is C20H26N4O. The van der Waals surface area contributed by atoms with E-state index < -0.39 is 0 Å². The van der Waals surface area contributed by atoms with E-state index in [-0.39, 0.29) is 11.3 Å². The Morgan fingerprint density at radius 3 is 2.92 bits per heavy atom. The maximum atomic E-state index is 12.6. The van der Waals surface area contributed by atoms with Gasteiger partial charge in [-0.15, -0.1) is 0 Å². The summed E-state index contributed by atoms with van der Waals surface area (Å²) in [6.07, 6.45) is 5.71. The molecule has 0 radical (unpaired) electrons. The van der Waals surface area contributed by atoms with Gasteiger partial charge in [0.15, 0.2) is 0 Å². The smallest absolute Gasteiger partial charge is 0.269 e. The SMILES string of the molecule is CCCNC(=O)c1cnc2n1CCc1ccccc1C21CCNCC1. The van der Waals surface area contributed by atoms with E-state index in [0.29, 0.717) is 12.2 Å². The van der Waals surface area contributed by atoms with Crippen molar-refractivity contribution in [1.82, 2.24) is 20.2 Å². The van der Waals surface area contributed by atoms with Crippen LogP contribution in [0.1, 0.15) is 53.6 Å². The Kier molecular flexibility index (Phi) is 4.34. The van der Waals surface area contributed by atoms with E-state index in [0.717, 1.165) is 51.1 Å². The molecule has 2 aromatic rings. The van der Waals surface area contributed by atoms with Crippen molar-refractivity contribution in [1.29, 1.82) is 0 Å². The molecule has 3 heterocycles. The second-order valence-corrected chi connectivity index (χ2v) is 7.11. The molecule has 0 saturated carbocycles. The van der Waals surface area contributed by atoms with Crippen molar-refractivity contribution in [2.45, 2.75) is 44.6 Å². The number of benzene rings is 1. The lowest BCUT2D eigenvalue weighted by atomic mass is 9.71. The second-order valence-electron chi connectivity index (χ2n) is 7.11. The Bertz CT molecular complexity index is 774. The van der Waals surface area contributed by atoms with E-state index in [9.17, 15) is 4.79 Å². The first-order valence-corrected chi connectivity index (χ1v) is 9.39. The van der Waals surface area contributed by atoms with Crippen LogP contribution in [0.25, 0.3) is 0 Å². The Morgan fingerprint density at radius 1 is 1.32 bits per heavy atom. The third-order valence-electron chi connectivity index (χ3n) is 5.65. The summed E-state index contributed by atoms with van der Waals surface area (Å²) in [4.78, 5) is 17.4.